The molecule has 3 rings (SSSR count). The summed E-state index contributed by atoms with van der Waals surface area (Å²) in [6.45, 7) is 6.06. The molecule has 0 spiro atoms. The summed E-state index contributed by atoms with van der Waals surface area (Å²) >= 11 is 0. The summed E-state index contributed by atoms with van der Waals surface area (Å²) in [4.78, 5) is 29.5. The van der Waals surface area contributed by atoms with Gasteiger partial charge in [-0.1, -0.05) is 62.4 Å². The van der Waals surface area contributed by atoms with Gasteiger partial charge in [-0.3, -0.25) is 14.6 Å². The van der Waals surface area contributed by atoms with Crippen molar-refractivity contribution < 1.29 is 9.59 Å². The third-order valence-electron chi connectivity index (χ3n) is 4.73. The first-order chi connectivity index (χ1) is 14.0. The lowest BCUT2D eigenvalue weighted by atomic mass is 10.0. The molecule has 1 atom stereocenters. The van der Waals surface area contributed by atoms with E-state index in [0.29, 0.717) is 5.56 Å². The maximum Gasteiger partial charge on any atom is 0.270 e. The van der Waals surface area contributed by atoms with Gasteiger partial charge in [-0.25, -0.2) is 0 Å². The van der Waals surface area contributed by atoms with Gasteiger partial charge in [0.25, 0.3) is 11.8 Å². The Kier molecular flexibility index (Phi) is 6.39. The molecular weight excluding hydrogens is 362 g/mol. The zero-order chi connectivity index (χ0) is 20.8. The lowest BCUT2D eigenvalue weighted by Crippen LogP contribution is -2.27. The number of nitrogens with zero attached hydrogens (tertiary/aromatic N) is 1. The molecule has 2 N–H and O–H groups in total. The Labute approximate surface area is 171 Å². The number of nitrogens with one attached hydrogen (secondary N) is 2. The van der Waals surface area contributed by atoms with E-state index < -0.39 is 0 Å². The number of hydrogen-bond donors (Lipinski definition) is 2. The third kappa shape index (κ3) is 5.08. The average Bonchev–Trinajstić information content (AvgIpc) is 2.74. The summed E-state index contributed by atoms with van der Waals surface area (Å²) in [6, 6.07) is 20.4. The van der Waals surface area contributed by atoms with Crippen LogP contribution in [0.3, 0.4) is 0 Å². The molecule has 0 fully saturated rings. The maximum absolute atomic E-state index is 12.7. The zero-order valence-electron chi connectivity index (χ0n) is 16.8. The molecule has 1 unspecified atom stereocenters. The fraction of sp³-hybridized carbons (Fsp3) is 0.208. The van der Waals surface area contributed by atoms with E-state index in [1.165, 1.54) is 12.3 Å². The number of carbonyl (C=O) groups excluding carboxylic acids is 2. The van der Waals surface area contributed by atoms with Crippen LogP contribution in [0.15, 0.2) is 72.9 Å². The molecule has 2 amide bonds. The van der Waals surface area contributed by atoms with Crippen molar-refractivity contribution in [3.05, 3.63) is 95.3 Å². The highest BCUT2D eigenvalue weighted by Crippen LogP contribution is 2.24. The number of amides is 2. The van der Waals surface area contributed by atoms with E-state index in [0.717, 1.165) is 16.8 Å². The Bertz CT molecular complexity index is 1000. The van der Waals surface area contributed by atoms with Crippen LogP contribution in [0.5, 0.6) is 0 Å². The smallest absolute Gasteiger partial charge is 0.270 e. The molecule has 2 aromatic carbocycles. The van der Waals surface area contributed by atoms with E-state index in [2.05, 4.69) is 29.5 Å². The third-order valence-corrected chi connectivity index (χ3v) is 4.73. The second kappa shape index (κ2) is 9.15. The van der Waals surface area contributed by atoms with Gasteiger partial charge in [0, 0.05) is 17.4 Å². The molecule has 5 nitrogen and oxygen atoms in total. The topological polar surface area (TPSA) is 71.1 Å². The van der Waals surface area contributed by atoms with Crippen molar-refractivity contribution in [3.8, 4) is 0 Å². The first-order valence-electron chi connectivity index (χ1n) is 9.68. The standard InChI is InChI=1S/C24H25N3O2/c1-16(2)20-11-7-8-12-21(20)27-23(28)19-13-14-25-22(15-19)24(29)26-17(3)18-9-5-4-6-10-18/h4-17H,1-3H3,(H,26,29)(H,27,28). The van der Waals surface area contributed by atoms with Crippen LogP contribution in [0.2, 0.25) is 0 Å². The molecule has 0 aliphatic heterocycles. The lowest BCUT2D eigenvalue weighted by molar-refractivity contribution is 0.0935. The van der Waals surface area contributed by atoms with E-state index in [4.69, 9.17) is 0 Å². The first-order valence-corrected chi connectivity index (χ1v) is 9.68. The van der Waals surface area contributed by atoms with Crippen molar-refractivity contribution in [2.24, 2.45) is 0 Å². The highest BCUT2D eigenvalue weighted by Gasteiger charge is 2.16. The number of benzene rings is 2. The van der Waals surface area contributed by atoms with Gasteiger partial charge in [0.05, 0.1) is 6.04 Å². The van der Waals surface area contributed by atoms with Crippen LogP contribution in [0, 0.1) is 0 Å². The Hall–Kier alpha value is -3.47. The summed E-state index contributed by atoms with van der Waals surface area (Å²) in [5.41, 5.74) is 3.42. The van der Waals surface area contributed by atoms with Gasteiger partial charge in [-0.05, 0) is 42.2 Å². The molecule has 0 aliphatic carbocycles. The quantitative estimate of drug-likeness (QED) is 0.629. The Morgan fingerprint density at radius 1 is 0.862 bits per heavy atom. The van der Waals surface area contributed by atoms with Crippen LogP contribution in [0.25, 0.3) is 0 Å². The number of para-hydroxylation sites is 1. The molecule has 0 aliphatic rings. The van der Waals surface area contributed by atoms with Crippen LogP contribution < -0.4 is 10.6 Å². The van der Waals surface area contributed by atoms with E-state index in [1.807, 2.05) is 61.5 Å². The van der Waals surface area contributed by atoms with Crippen molar-refractivity contribution in [3.63, 3.8) is 0 Å². The average molecular weight is 387 g/mol. The van der Waals surface area contributed by atoms with E-state index in [-0.39, 0.29) is 29.5 Å². The molecule has 1 aromatic heterocycles. The summed E-state index contributed by atoms with van der Waals surface area (Å²) < 4.78 is 0. The Morgan fingerprint density at radius 2 is 1.55 bits per heavy atom. The molecule has 0 saturated carbocycles. The highest BCUT2D eigenvalue weighted by molar-refractivity contribution is 6.06. The Morgan fingerprint density at radius 3 is 2.28 bits per heavy atom. The minimum Gasteiger partial charge on any atom is -0.344 e. The van der Waals surface area contributed by atoms with Gasteiger partial charge in [0.1, 0.15) is 5.69 Å². The number of carbonyl (C=O) groups is 2. The van der Waals surface area contributed by atoms with Gasteiger partial charge in [0.2, 0.25) is 0 Å². The molecule has 1 heterocycles. The largest absolute Gasteiger partial charge is 0.344 e. The summed E-state index contributed by atoms with van der Waals surface area (Å²) in [6.07, 6.45) is 1.48. The number of hydrogen-bond acceptors (Lipinski definition) is 3. The second-order valence-electron chi connectivity index (χ2n) is 7.23. The summed E-state index contributed by atoms with van der Waals surface area (Å²) in [7, 11) is 0. The zero-order valence-corrected chi connectivity index (χ0v) is 16.8. The van der Waals surface area contributed by atoms with Gasteiger partial charge in [-0.15, -0.1) is 0 Å². The van der Waals surface area contributed by atoms with Crippen LogP contribution >= 0.6 is 0 Å². The van der Waals surface area contributed by atoms with Gasteiger partial charge in [-0.2, -0.15) is 0 Å². The predicted molar refractivity (Wildman–Crippen MR) is 115 cm³/mol. The normalized spacial score (nSPS) is 11.7. The second-order valence-corrected chi connectivity index (χ2v) is 7.23. The molecular formula is C24H25N3O2. The number of rotatable bonds is 6. The molecule has 0 radical (unpaired) electrons. The molecule has 29 heavy (non-hydrogen) atoms. The minimum atomic E-state index is -0.321. The Balaban J connectivity index is 1.74. The van der Waals surface area contributed by atoms with Gasteiger partial charge < -0.3 is 10.6 Å². The molecule has 3 aromatic rings. The number of pyridine rings is 1. The van der Waals surface area contributed by atoms with Crippen LogP contribution in [0.4, 0.5) is 5.69 Å². The minimum absolute atomic E-state index is 0.166. The van der Waals surface area contributed by atoms with Gasteiger partial charge in [0.15, 0.2) is 0 Å². The summed E-state index contributed by atoms with van der Waals surface area (Å²) in [5.74, 6) is -0.311. The van der Waals surface area contributed by atoms with E-state index in [1.54, 1.807) is 6.07 Å². The molecule has 0 bridgehead atoms. The fourth-order valence-electron chi connectivity index (χ4n) is 3.10. The van der Waals surface area contributed by atoms with Crippen LogP contribution in [-0.2, 0) is 0 Å². The van der Waals surface area contributed by atoms with Crippen molar-refractivity contribution in [1.82, 2.24) is 10.3 Å². The van der Waals surface area contributed by atoms with Crippen LogP contribution in [-0.4, -0.2) is 16.8 Å². The SMILES string of the molecule is CC(C)c1ccccc1NC(=O)c1ccnc(C(=O)NC(C)c2ccccc2)c1. The van der Waals surface area contributed by atoms with Crippen molar-refractivity contribution >= 4 is 17.5 Å². The number of anilines is 1. The highest BCUT2D eigenvalue weighted by atomic mass is 16.2. The van der Waals surface area contributed by atoms with E-state index in [9.17, 15) is 9.59 Å². The fourth-order valence-corrected chi connectivity index (χ4v) is 3.10. The summed E-state index contributed by atoms with van der Waals surface area (Å²) in [5, 5.41) is 5.86. The predicted octanol–water partition coefficient (Wildman–Crippen LogP) is 4.95. The van der Waals surface area contributed by atoms with Crippen molar-refractivity contribution in [1.29, 1.82) is 0 Å². The molecule has 0 saturated heterocycles. The monoisotopic (exact) mass is 387 g/mol. The van der Waals surface area contributed by atoms with Crippen LogP contribution in [0.1, 0.15) is 64.7 Å². The number of aromatic nitrogens is 1. The molecule has 148 valence electrons. The lowest BCUT2D eigenvalue weighted by Gasteiger charge is -2.15. The van der Waals surface area contributed by atoms with E-state index >= 15 is 0 Å². The maximum atomic E-state index is 12.7. The molecule has 5 heteroatoms. The first kappa shape index (κ1) is 20.3. The van der Waals surface area contributed by atoms with Crippen molar-refractivity contribution in [2.75, 3.05) is 5.32 Å². The van der Waals surface area contributed by atoms with Gasteiger partial charge >= 0.3 is 0 Å². The van der Waals surface area contributed by atoms with Crippen molar-refractivity contribution in [2.45, 2.75) is 32.7 Å².